The highest BCUT2D eigenvalue weighted by Crippen LogP contribution is 2.31. The number of hydrogen-bond acceptors (Lipinski definition) is 8. The van der Waals surface area contributed by atoms with Crippen LogP contribution in [0.1, 0.15) is 16.1 Å². The molecule has 160 valence electrons. The standard InChI is InChI=1S/C20H20N6O3S2/c21-7-2-8-23-19(27)17-10-15-16(30-17)6-5-12-11-24-20(26-18(12)15)25-13-3-1-4-14(9-13)31(22,28)29/h1,3-6,9-11H,2,7-8,21H2,(H,23,27)(H2,22,28,29)(H,24,25,26). The van der Waals surface area contributed by atoms with Gasteiger partial charge in [0.15, 0.2) is 0 Å². The average Bonchev–Trinajstić information content (AvgIpc) is 3.18. The summed E-state index contributed by atoms with van der Waals surface area (Å²) in [5.74, 6) is 0.154. The summed E-state index contributed by atoms with van der Waals surface area (Å²) in [6.45, 7) is 1.04. The molecule has 31 heavy (non-hydrogen) atoms. The number of fused-ring (bicyclic) bond motifs is 3. The Morgan fingerprint density at radius 1 is 1.16 bits per heavy atom. The smallest absolute Gasteiger partial charge is 0.261 e. The van der Waals surface area contributed by atoms with E-state index < -0.39 is 10.0 Å². The lowest BCUT2D eigenvalue weighted by Crippen LogP contribution is -2.25. The van der Waals surface area contributed by atoms with Gasteiger partial charge in [0.2, 0.25) is 16.0 Å². The molecule has 0 fully saturated rings. The number of nitrogens with zero attached hydrogens (tertiary/aromatic N) is 2. The summed E-state index contributed by atoms with van der Waals surface area (Å²) < 4.78 is 24.1. The molecular formula is C20H20N6O3S2. The lowest BCUT2D eigenvalue weighted by Gasteiger charge is -2.07. The third-order valence-corrected chi connectivity index (χ3v) is 6.57. The molecule has 0 radical (unpaired) electrons. The van der Waals surface area contributed by atoms with Crippen LogP contribution in [0.25, 0.3) is 21.0 Å². The van der Waals surface area contributed by atoms with Crippen LogP contribution in [0.2, 0.25) is 0 Å². The molecule has 0 aliphatic carbocycles. The van der Waals surface area contributed by atoms with Crippen molar-refractivity contribution in [1.82, 2.24) is 15.3 Å². The van der Waals surface area contributed by atoms with Gasteiger partial charge in [0, 0.05) is 33.9 Å². The van der Waals surface area contributed by atoms with E-state index in [1.807, 2.05) is 18.2 Å². The Kier molecular flexibility index (Phi) is 5.83. The lowest BCUT2D eigenvalue weighted by atomic mass is 10.2. The first kappa shape index (κ1) is 21.1. The molecular weight excluding hydrogens is 436 g/mol. The highest BCUT2D eigenvalue weighted by atomic mass is 32.2. The van der Waals surface area contributed by atoms with Gasteiger partial charge in [0.25, 0.3) is 5.91 Å². The van der Waals surface area contributed by atoms with Gasteiger partial charge < -0.3 is 16.4 Å². The Balaban J connectivity index is 1.68. The minimum atomic E-state index is -3.82. The predicted octanol–water partition coefficient (Wildman–Crippen LogP) is 2.31. The van der Waals surface area contributed by atoms with Crippen LogP contribution in [0.3, 0.4) is 0 Å². The largest absolute Gasteiger partial charge is 0.351 e. The van der Waals surface area contributed by atoms with Gasteiger partial charge in [-0.05, 0) is 49.4 Å². The zero-order valence-electron chi connectivity index (χ0n) is 16.3. The number of sulfonamides is 1. The molecule has 0 saturated heterocycles. The molecule has 6 N–H and O–H groups in total. The van der Waals surface area contributed by atoms with Crippen LogP contribution in [-0.2, 0) is 10.0 Å². The highest BCUT2D eigenvalue weighted by molar-refractivity contribution is 7.89. The maximum absolute atomic E-state index is 12.4. The van der Waals surface area contributed by atoms with Gasteiger partial charge in [-0.2, -0.15) is 0 Å². The van der Waals surface area contributed by atoms with E-state index in [0.717, 1.165) is 15.5 Å². The van der Waals surface area contributed by atoms with Crippen LogP contribution in [0.15, 0.2) is 53.6 Å². The van der Waals surface area contributed by atoms with Gasteiger partial charge in [0.05, 0.1) is 15.3 Å². The van der Waals surface area contributed by atoms with E-state index in [1.54, 1.807) is 18.3 Å². The second-order valence-corrected chi connectivity index (χ2v) is 9.46. The first-order valence-electron chi connectivity index (χ1n) is 9.42. The zero-order valence-corrected chi connectivity index (χ0v) is 18.0. The zero-order chi connectivity index (χ0) is 22.0. The van der Waals surface area contributed by atoms with Gasteiger partial charge in [-0.15, -0.1) is 11.3 Å². The van der Waals surface area contributed by atoms with Crippen LogP contribution in [0.4, 0.5) is 11.6 Å². The van der Waals surface area contributed by atoms with E-state index in [4.69, 9.17) is 10.9 Å². The minimum absolute atomic E-state index is 0.0104. The first-order chi connectivity index (χ1) is 14.8. The van der Waals surface area contributed by atoms with E-state index in [-0.39, 0.29) is 10.8 Å². The van der Waals surface area contributed by atoms with Crippen molar-refractivity contribution in [1.29, 1.82) is 0 Å². The quantitative estimate of drug-likeness (QED) is 0.311. The van der Waals surface area contributed by atoms with Crippen molar-refractivity contribution in [2.75, 3.05) is 18.4 Å². The molecule has 1 amide bonds. The van der Waals surface area contributed by atoms with E-state index in [2.05, 4.69) is 20.6 Å². The molecule has 0 spiro atoms. The highest BCUT2D eigenvalue weighted by Gasteiger charge is 2.14. The molecule has 9 nitrogen and oxygen atoms in total. The van der Waals surface area contributed by atoms with Crippen molar-refractivity contribution < 1.29 is 13.2 Å². The van der Waals surface area contributed by atoms with Crippen molar-refractivity contribution in [3.8, 4) is 0 Å². The van der Waals surface area contributed by atoms with Crippen molar-refractivity contribution in [3.05, 3.63) is 53.5 Å². The number of primary sulfonamides is 1. The summed E-state index contributed by atoms with van der Waals surface area (Å²) in [4.78, 5) is 21.9. The molecule has 0 atom stereocenters. The molecule has 4 rings (SSSR count). The van der Waals surface area contributed by atoms with Gasteiger partial charge in [0.1, 0.15) is 0 Å². The lowest BCUT2D eigenvalue weighted by molar-refractivity contribution is 0.0957. The number of amides is 1. The summed E-state index contributed by atoms with van der Waals surface area (Å²) in [6, 6.07) is 11.8. The number of thiophene rings is 1. The molecule has 0 saturated carbocycles. The summed E-state index contributed by atoms with van der Waals surface area (Å²) >= 11 is 1.39. The Bertz CT molecular complexity index is 1380. The Labute approximate surface area is 182 Å². The van der Waals surface area contributed by atoms with Gasteiger partial charge >= 0.3 is 0 Å². The van der Waals surface area contributed by atoms with Gasteiger partial charge in [-0.1, -0.05) is 6.07 Å². The third kappa shape index (κ3) is 4.64. The molecule has 11 heteroatoms. The van der Waals surface area contributed by atoms with Crippen LogP contribution in [0.5, 0.6) is 0 Å². The van der Waals surface area contributed by atoms with E-state index in [1.165, 1.54) is 23.5 Å². The topological polar surface area (TPSA) is 153 Å². The fraction of sp³-hybridized carbons (Fsp3) is 0.150. The van der Waals surface area contributed by atoms with Crippen molar-refractivity contribution in [2.45, 2.75) is 11.3 Å². The van der Waals surface area contributed by atoms with Crippen molar-refractivity contribution >= 4 is 59.9 Å². The maximum Gasteiger partial charge on any atom is 0.261 e. The number of carbonyl (C=O) groups excluding carboxylic acids is 1. The summed E-state index contributed by atoms with van der Waals surface area (Å²) in [7, 11) is -3.82. The maximum atomic E-state index is 12.4. The number of anilines is 2. The second-order valence-electron chi connectivity index (χ2n) is 6.82. The Morgan fingerprint density at radius 2 is 2.00 bits per heavy atom. The number of nitrogens with two attached hydrogens (primary N) is 2. The number of hydrogen-bond donors (Lipinski definition) is 4. The monoisotopic (exact) mass is 456 g/mol. The van der Waals surface area contributed by atoms with Gasteiger partial charge in [-0.3, -0.25) is 4.79 Å². The number of aromatic nitrogens is 2. The number of carbonyl (C=O) groups is 1. The van der Waals surface area contributed by atoms with E-state index >= 15 is 0 Å². The van der Waals surface area contributed by atoms with Crippen LogP contribution < -0.4 is 21.5 Å². The molecule has 0 bridgehead atoms. The van der Waals surface area contributed by atoms with E-state index in [9.17, 15) is 13.2 Å². The SMILES string of the molecule is NCCCNC(=O)c1cc2c(ccc3cnc(Nc4cccc(S(N)(=O)=O)c4)nc32)s1. The third-order valence-electron chi connectivity index (χ3n) is 4.56. The molecule has 0 aliphatic heterocycles. The Morgan fingerprint density at radius 3 is 2.77 bits per heavy atom. The first-order valence-corrected chi connectivity index (χ1v) is 11.8. The molecule has 0 unspecified atom stereocenters. The molecule has 2 aromatic heterocycles. The van der Waals surface area contributed by atoms with Crippen molar-refractivity contribution in [3.63, 3.8) is 0 Å². The van der Waals surface area contributed by atoms with Crippen LogP contribution in [0, 0.1) is 0 Å². The second kappa shape index (κ2) is 8.55. The van der Waals surface area contributed by atoms with E-state index in [0.29, 0.717) is 41.5 Å². The Hall–Kier alpha value is -3.12. The summed E-state index contributed by atoms with van der Waals surface area (Å²) in [5.41, 5.74) is 6.65. The van der Waals surface area contributed by atoms with Gasteiger partial charge in [-0.25, -0.2) is 23.5 Å². The summed E-state index contributed by atoms with van der Waals surface area (Å²) in [6.07, 6.45) is 2.39. The minimum Gasteiger partial charge on any atom is -0.351 e. The van der Waals surface area contributed by atoms with Crippen LogP contribution in [-0.4, -0.2) is 37.4 Å². The fourth-order valence-corrected chi connectivity index (χ4v) is 4.59. The molecule has 2 aromatic carbocycles. The van der Waals surface area contributed by atoms with Crippen LogP contribution >= 0.6 is 11.3 Å². The molecule has 0 aliphatic rings. The number of nitrogens with one attached hydrogen (secondary N) is 2. The summed E-state index contributed by atoms with van der Waals surface area (Å²) in [5, 5.41) is 12.7. The predicted molar refractivity (Wildman–Crippen MR) is 122 cm³/mol. The molecule has 2 heterocycles. The average molecular weight is 457 g/mol. The molecule has 4 aromatic rings. The van der Waals surface area contributed by atoms with Crippen molar-refractivity contribution in [2.24, 2.45) is 10.9 Å². The fourth-order valence-electron chi connectivity index (χ4n) is 3.05. The number of rotatable bonds is 7. The normalized spacial score (nSPS) is 11.7. The number of benzene rings is 2.